The first-order valence-corrected chi connectivity index (χ1v) is 9.67. The molecule has 0 bridgehead atoms. The minimum atomic E-state index is -0.447. The Morgan fingerprint density at radius 2 is 1.60 bits per heavy atom. The van der Waals surface area contributed by atoms with Gasteiger partial charge in [0.25, 0.3) is 0 Å². The van der Waals surface area contributed by atoms with Crippen LogP contribution in [0, 0.1) is 5.41 Å². The molecule has 3 fully saturated rings. The zero-order valence-corrected chi connectivity index (χ0v) is 15.4. The largest absolute Gasteiger partial charge is 0.381 e. The summed E-state index contributed by atoms with van der Waals surface area (Å²) < 4.78 is 5.41. The molecule has 0 aliphatic carbocycles. The molecule has 2 amide bonds. The minimum absolute atomic E-state index is 0.0955. The number of likely N-dealkylation sites (tertiary alicyclic amines) is 1. The van der Waals surface area contributed by atoms with Crippen molar-refractivity contribution in [2.75, 3.05) is 59.0 Å². The van der Waals surface area contributed by atoms with Gasteiger partial charge in [0.2, 0.25) is 11.8 Å². The number of piperazine rings is 1. The van der Waals surface area contributed by atoms with Gasteiger partial charge in [-0.1, -0.05) is 0 Å². The highest BCUT2D eigenvalue weighted by atomic mass is 16.5. The number of nitrogens with two attached hydrogens (primary N) is 1. The SMILES string of the molecule is CC(C(=O)N1CCCC1)N1CCN(C(=O)C2(CN)CCOCC2)CC1. The number of hydrogen-bond acceptors (Lipinski definition) is 5. The lowest BCUT2D eigenvalue weighted by atomic mass is 9.78. The molecular weight excluding hydrogens is 320 g/mol. The Morgan fingerprint density at radius 3 is 2.16 bits per heavy atom. The van der Waals surface area contributed by atoms with Crippen molar-refractivity contribution in [3.8, 4) is 0 Å². The van der Waals surface area contributed by atoms with Crippen molar-refractivity contribution in [2.24, 2.45) is 11.1 Å². The zero-order chi connectivity index (χ0) is 17.9. The van der Waals surface area contributed by atoms with Crippen LogP contribution in [0.2, 0.25) is 0 Å². The molecule has 3 rings (SSSR count). The summed E-state index contributed by atoms with van der Waals surface area (Å²) in [5.74, 6) is 0.414. The summed E-state index contributed by atoms with van der Waals surface area (Å²) in [7, 11) is 0. The van der Waals surface area contributed by atoms with Crippen molar-refractivity contribution in [1.29, 1.82) is 0 Å². The Balaban J connectivity index is 1.54. The number of amides is 2. The Bertz CT molecular complexity index is 479. The van der Waals surface area contributed by atoms with Gasteiger partial charge in [0.1, 0.15) is 0 Å². The topological polar surface area (TPSA) is 79.1 Å². The Labute approximate surface area is 150 Å². The molecule has 0 spiro atoms. The molecule has 3 aliphatic heterocycles. The van der Waals surface area contributed by atoms with Crippen LogP contribution < -0.4 is 5.73 Å². The van der Waals surface area contributed by atoms with Crippen molar-refractivity contribution in [1.82, 2.24) is 14.7 Å². The van der Waals surface area contributed by atoms with Crippen molar-refractivity contribution >= 4 is 11.8 Å². The van der Waals surface area contributed by atoms with Crippen molar-refractivity contribution in [3.63, 3.8) is 0 Å². The fraction of sp³-hybridized carbons (Fsp3) is 0.889. The molecule has 142 valence electrons. The van der Waals surface area contributed by atoms with E-state index in [1.54, 1.807) is 0 Å². The smallest absolute Gasteiger partial charge is 0.239 e. The first-order valence-electron chi connectivity index (χ1n) is 9.67. The maximum absolute atomic E-state index is 13.0. The molecule has 0 saturated carbocycles. The van der Waals surface area contributed by atoms with E-state index >= 15 is 0 Å². The van der Waals surface area contributed by atoms with Crippen molar-refractivity contribution in [3.05, 3.63) is 0 Å². The number of hydrogen-bond donors (Lipinski definition) is 1. The summed E-state index contributed by atoms with van der Waals surface area (Å²) >= 11 is 0. The van der Waals surface area contributed by atoms with Gasteiger partial charge in [-0.25, -0.2) is 0 Å². The molecule has 3 heterocycles. The van der Waals surface area contributed by atoms with E-state index in [2.05, 4.69) is 4.90 Å². The molecular formula is C18H32N4O3. The summed E-state index contributed by atoms with van der Waals surface area (Å²) in [6.07, 6.45) is 3.66. The van der Waals surface area contributed by atoms with Crippen LogP contribution in [0.3, 0.4) is 0 Å². The van der Waals surface area contributed by atoms with Crippen LogP contribution >= 0.6 is 0 Å². The van der Waals surface area contributed by atoms with Crippen molar-refractivity contribution < 1.29 is 14.3 Å². The second kappa shape index (κ2) is 8.01. The lowest BCUT2D eigenvalue weighted by Crippen LogP contribution is -2.59. The second-order valence-corrected chi connectivity index (χ2v) is 7.63. The highest BCUT2D eigenvalue weighted by Gasteiger charge is 2.42. The average molecular weight is 352 g/mol. The molecule has 7 heteroatoms. The zero-order valence-electron chi connectivity index (χ0n) is 15.4. The number of rotatable bonds is 4. The van der Waals surface area contributed by atoms with Gasteiger partial charge in [-0.3, -0.25) is 14.5 Å². The number of ether oxygens (including phenoxy) is 1. The standard InChI is InChI=1S/C18H32N4O3/c1-15(16(23)21-6-2-3-7-21)20-8-10-22(11-9-20)17(24)18(14-19)4-12-25-13-5-18/h15H,2-14,19H2,1H3. The first kappa shape index (κ1) is 18.6. The van der Waals surface area contributed by atoms with Gasteiger partial charge in [0, 0.05) is 59.0 Å². The fourth-order valence-electron chi connectivity index (χ4n) is 4.27. The summed E-state index contributed by atoms with van der Waals surface area (Å²) in [5, 5.41) is 0. The monoisotopic (exact) mass is 352 g/mol. The Morgan fingerprint density at radius 1 is 1.00 bits per heavy atom. The molecule has 3 aliphatic rings. The normalized spacial score (nSPS) is 25.8. The van der Waals surface area contributed by atoms with Crippen molar-refractivity contribution in [2.45, 2.75) is 38.6 Å². The third-order valence-corrected chi connectivity index (χ3v) is 6.22. The molecule has 7 nitrogen and oxygen atoms in total. The van der Waals surface area contributed by atoms with E-state index in [-0.39, 0.29) is 17.9 Å². The van der Waals surface area contributed by atoms with Gasteiger partial charge < -0.3 is 20.3 Å². The summed E-state index contributed by atoms with van der Waals surface area (Å²) in [6, 6.07) is -0.0955. The second-order valence-electron chi connectivity index (χ2n) is 7.63. The highest BCUT2D eigenvalue weighted by molar-refractivity contribution is 5.84. The molecule has 0 aromatic rings. The quantitative estimate of drug-likeness (QED) is 0.764. The van der Waals surface area contributed by atoms with Crippen LogP contribution in [0.25, 0.3) is 0 Å². The molecule has 1 unspecified atom stereocenters. The highest BCUT2D eigenvalue weighted by Crippen LogP contribution is 2.32. The van der Waals surface area contributed by atoms with Crippen LogP contribution in [0.1, 0.15) is 32.6 Å². The van der Waals surface area contributed by atoms with E-state index < -0.39 is 5.41 Å². The molecule has 0 radical (unpaired) electrons. The maximum Gasteiger partial charge on any atom is 0.239 e. The molecule has 25 heavy (non-hydrogen) atoms. The number of nitrogens with zero attached hydrogens (tertiary/aromatic N) is 3. The molecule has 2 N–H and O–H groups in total. The van der Waals surface area contributed by atoms with Gasteiger partial charge in [-0.2, -0.15) is 0 Å². The summed E-state index contributed by atoms with van der Waals surface area (Å²) in [4.78, 5) is 31.7. The van der Waals surface area contributed by atoms with Gasteiger partial charge in [0.15, 0.2) is 0 Å². The minimum Gasteiger partial charge on any atom is -0.381 e. The third kappa shape index (κ3) is 3.83. The maximum atomic E-state index is 13.0. The Kier molecular flexibility index (Phi) is 5.96. The van der Waals surface area contributed by atoms with Crippen LogP contribution in [0.5, 0.6) is 0 Å². The number of carbonyl (C=O) groups is 2. The van der Waals surface area contributed by atoms with E-state index in [4.69, 9.17) is 10.5 Å². The van der Waals surface area contributed by atoms with Gasteiger partial charge in [-0.15, -0.1) is 0 Å². The lowest BCUT2D eigenvalue weighted by Gasteiger charge is -2.43. The Hall–Kier alpha value is -1.18. The van der Waals surface area contributed by atoms with Gasteiger partial charge in [0.05, 0.1) is 11.5 Å². The molecule has 0 aromatic heterocycles. The van der Waals surface area contributed by atoms with Crippen LogP contribution in [-0.4, -0.2) is 91.6 Å². The van der Waals surface area contributed by atoms with E-state index in [1.165, 1.54) is 0 Å². The van der Waals surface area contributed by atoms with Gasteiger partial charge in [-0.05, 0) is 32.6 Å². The lowest BCUT2D eigenvalue weighted by molar-refractivity contribution is -0.150. The molecule has 1 atom stereocenters. The molecule has 0 aromatic carbocycles. The number of carbonyl (C=O) groups excluding carboxylic acids is 2. The van der Waals surface area contributed by atoms with Crippen LogP contribution in [0.4, 0.5) is 0 Å². The first-order chi connectivity index (χ1) is 12.1. The fourth-order valence-corrected chi connectivity index (χ4v) is 4.27. The van der Waals surface area contributed by atoms with E-state index in [0.29, 0.717) is 45.7 Å². The van der Waals surface area contributed by atoms with E-state index in [9.17, 15) is 9.59 Å². The van der Waals surface area contributed by atoms with E-state index in [0.717, 1.165) is 39.0 Å². The predicted octanol–water partition coefficient (Wildman–Crippen LogP) is -0.103. The van der Waals surface area contributed by atoms with Gasteiger partial charge >= 0.3 is 0 Å². The van der Waals surface area contributed by atoms with E-state index in [1.807, 2.05) is 16.7 Å². The van der Waals surface area contributed by atoms with Crippen LogP contribution in [0.15, 0.2) is 0 Å². The molecule has 3 saturated heterocycles. The predicted molar refractivity (Wildman–Crippen MR) is 95.0 cm³/mol. The average Bonchev–Trinajstić information content (AvgIpc) is 3.21. The van der Waals surface area contributed by atoms with Crippen LogP contribution in [-0.2, 0) is 14.3 Å². The summed E-state index contributed by atoms with van der Waals surface area (Å²) in [6.45, 7) is 8.27. The summed E-state index contributed by atoms with van der Waals surface area (Å²) in [5.41, 5.74) is 5.52. The third-order valence-electron chi connectivity index (χ3n) is 6.22.